The van der Waals surface area contributed by atoms with Crippen molar-refractivity contribution >= 4 is 22.2 Å². The largest absolute Gasteiger partial charge is 0.378 e. The van der Waals surface area contributed by atoms with Crippen LogP contribution in [-0.4, -0.2) is 82.2 Å². The lowest BCUT2D eigenvalue weighted by Gasteiger charge is -2.35. The Morgan fingerprint density at radius 1 is 1.14 bits per heavy atom. The second-order valence-electron chi connectivity index (χ2n) is 9.69. The quantitative estimate of drug-likeness (QED) is 0.405. The zero-order valence-electron chi connectivity index (χ0n) is 23.0. The molecular weight excluding hydrogens is 458 g/mol. The van der Waals surface area contributed by atoms with Crippen molar-refractivity contribution in [1.82, 2.24) is 34.9 Å². The summed E-state index contributed by atoms with van der Waals surface area (Å²) in [5.74, 6) is 0. The van der Waals surface area contributed by atoms with E-state index in [9.17, 15) is 0 Å². The van der Waals surface area contributed by atoms with Gasteiger partial charge in [-0.15, -0.1) is 0 Å². The second kappa shape index (κ2) is 11.5. The Labute approximate surface area is 220 Å². The highest BCUT2D eigenvalue weighted by Crippen LogP contribution is 2.32. The zero-order chi connectivity index (χ0) is 26.5. The van der Waals surface area contributed by atoms with E-state index < -0.39 is 0 Å². The molecule has 0 aliphatic carbocycles. The van der Waals surface area contributed by atoms with E-state index in [1.54, 1.807) is 0 Å². The molecule has 1 aliphatic rings. The molecule has 0 bridgehead atoms. The first-order chi connectivity index (χ1) is 17.9. The lowest BCUT2D eigenvalue weighted by Crippen LogP contribution is -2.43. The van der Waals surface area contributed by atoms with Crippen LogP contribution < -0.4 is 0 Å². The van der Waals surface area contributed by atoms with Crippen LogP contribution in [0.5, 0.6) is 0 Å². The number of hydrogen-bond acceptors (Lipinski definition) is 5. The van der Waals surface area contributed by atoms with Gasteiger partial charge in [-0.25, -0.2) is 0 Å². The van der Waals surface area contributed by atoms with E-state index in [1.807, 2.05) is 38.2 Å². The number of likely N-dealkylation sites (N-methyl/N-ethyl adjacent to an activating group) is 2. The van der Waals surface area contributed by atoms with E-state index in [0.717, 1.165) is 71.1 Å². The van der Waals surface area contributed by atoms with E-state index in [0.29, 0.717) is 0 Å². The summed E-state index contributed by atoms with van der Waals surface area (Å²) < 4.78 is 0. The van der Waals surface area contributed by atoms with Crippen LogP contribution in [0.1, 0.15) is 30.8 Å². The summed E-state index contributed by atoms with van der Waals surface area (Å²) in [6, 6.07) is 4.35. The van der Waals surface area contributed by atoms with Crippen molar-refractivity contribution < 1.29 is 0 Å². The van der Waals surface area contributed by atoms with Gasteiger partial charge in [-0.05, 0) is 63.8 Å². The Kier molecular flexibility index (Phi) is 8.14. The van der Waals surface area contributed by atoms with Gasteiger partial charge < -0.3 is 19.7 Å². The summed E-state index contributed by atoms with van der Waals surface area (Å²) in [6.07, 6.45) is 14.3. The number of hydrogen-bond donors (Lipinski definition) is 2. The van der Waals surface area contributed by atoms with E-state index in [2.05, 4.69) is 95.0 Å². The monoisotopic (exact) mass is 497 g/mol. The maximum Gasteiger partial charge on any atom is 0.116 e. The van der Waals surface area contributed by atoms with Crippen molar-refractivity contribution in [2.45, 2.75) is 20.8 Å². The summed E-state index contributed by atoms with van der Waals surface area (Å²) in [7, 11) is 6.21. The third kappa shape index (κ3) is 5.62. The molecule has 0 unspecified atom stereocenters. The van der Waals surface area contributed by atoms with Gasteiger partial charge in [0.15, 0.2) is 0 Å². The number of allylic oxidation sites excluding steroid dienone is 7. The number of nitrogens with one attached hydrogen (secondary N) is 2. The summed E-state index contributed by atoms with van der Waals surface area (Å²) in [5.41, 5.74) is 9.34. The summed E-state index contributed by atoms with van der Waals surface area (Å²) >= 11 is 0. The predicted octanol–water partition coefficient (Wildman–Crippen LogP) is 5.46. The lowest BCUT2D eigenvalue weighted by atomic mass is 10.1. The maximum absolute atomic E-state index is 4.71. The van der Waals surface area contributed by atoms with Gasteiger partial charge >= 0.3 is 0 Å². The molecule has 3 aromatic rings. The smallest absolute Gasteiger partial charge is 0.116 e. The molecule has 1 saturated heterocycles. The van der Waals surface area contributed by atoms with Gasteiger partial charge in [0.25, 0.3) is 0 Å². The first-order valence-electron chi connectivity index (χ1n) is 12.8. The van der Waals surface area contributed by atoms with Gasteiger partial charge in [-0.2, -0.15) is 5.10 Å². The van der Waals surface area contributed by atoms with Crippen LogP contribution in [-0.2, 0) is 0 Å². The molecule has 37 heavy (non-hydrogen) atoms. The van der Waals surface area contributed by atoms with Crippen molar-refractivity contribution in [2.75, 3.05) is 47.3 Å². The minimum absolute atomic E-state index is 0.896. The Hall–Kier alpha value is -3.84. The highest BCUT2D eigenvalue weighted by molar-refractivity contribution is 5.94. The summed E-state index contributed by atoms with van der Waals surface area (Å²) in [5, 5.41) is 8.89. The Morgan fingerprint density at radius 3 is 2.54 bits per heavy atom. The molecular formula is C30H39N7. The molecule has 0 radical (unpaired) electrons. The Bertz CT molecular complexity index is 1370. The summed E-state index contributed by atoms with van der Waals surface area (Å²) in [4.78, 5) is 15.2. The SMILES string of the molecule is C=C/C(=C\C(=C/C)c1cc2c(-c3cc(/C(=C\C=C/C)N4CCN(C)CC4)c(C)[nH]3)n[nH]c2cn1)N(C)C. The second-order valence-corrected chi connectivity index (χ2v) is 9.69. The lowest BCUT2D eigenvalue weighted by molar-refractivity contribution is 0.207. The molecule has 7 nitrogen and oxygen atoms in total. The number of aryl methyl sites for hydroxylation is 1. The molecule has 0 amide bonds. The molecule has 1 aliphatic heterocycles. The van der Waals surface area contributed by atoms with Crippen molar-refractivity contribution in [1.29, 1.82) is 0 Å². The van der Waals surface area contributed by atoms with Gasteiger partial charge in [-0.3, -0.25) is 10.1 Å². The first kappa shape index (κ1) is 26.2. The minimum atomic E-state index is 0.896. The first-order valence-corrected chi connectivity index (χ1v) is 12.8. The standard InChI is InChI=1S/C30H39N7/c1-8-11-12-29(37-15-13-36(7)14-16-37)24-18-27(32-21(24)4)30-25-19-26(31-20-28(25)33-34-30)22(9-2)17-23(10-3)35(5)6/h8-12,17-20,32H,3,13-16H2,1-2,4-7H3,(H,33,34)/b11-8-,22-9+,23-17+,29-12+. The van der Waals surface area contributed by atoms with E-state index in [1.165, 1.54) is 11.3 Å². The number of nitrogens with zero attached hydrogens (tertiary/aromatic N) is 5. The molecule has 0 saturated carbocycles. The van der Waals surface area contributed by atoms with Crippen LogP contribution in [0, 0.1) is 6.92 Å². The van der Waals surface area contributed by atoms with Crippen molar-refractivity contribution in [3.05, 3.63) is 84.0 Å². The highest BCUT2D eigenvalue weighted by Gasteiger charge is 2.21. The Morgan fingerprint density at radius 2 is 1.89 bits per heavy atom. The van der Waals surface area contributed by atoms with E-state index in [4.69, 9.17) is 4.98 Å². The fourth-order valence-corrected chi connectivity index (χ4v) is 4.67. The van der Waals surface area contributed by atoms with Crippen molar-refractivity contribution in [3.63, 3.8) is 0 Å². The average Bonchev–Trinajstić information content (AvgIpc) is 3.48. The minimum Gasteiger partial charge on any atom is -0.378 e. The van der Waals surface area contributed by atoms with Gasteiger partial charge in [0.2, 0.25) is 0 Å². The normalized spacial score (nSPS) is 16.3. The molecule has 1 fully saturated rings. The number of pyridine rings is 1. The third-order valence-electron chi connectivity index (χ3n) is 6.92. The molecule has 2 N–H and O–H groups in total. The zero-order valence-corrected chi connectivity index (χ0v) is 23.0. The van der Waals surface area contributed by atoms with Crippen molar-refractivity contribution in [2.24, 2.45) is 0 Å². The summed E-state index contributed by atoms with van der Waals surface area (Å²) in [6.45, 7) is 14.3. The molecule has 7 heteroatoms. The van der Waals surface area contributed by atoms with Crippen LogP contribution in [0.25, 0.3) is 33.6 Å². The number of piperazine rings is 1. The van der Waals surface area contributed by atoms with Crippen LogP contribution in [0.15, 0.2) is 67.1 Å². The van der Waals surface area contributed by atoms with Crippen LogP contribution >= 0.6 is 0 Å². The molecule has 3 aromatic heterocycles. The van der Waals surface area contributed by atoms with Gasteiger partial charge in [0.1, 0.15) is 5.69 Å². The third-order valence-corrected chi connectivity index (χ3v) is 6.92. The fraction of sp³-hybridized carbons (Fsp3) is 0.333. The van der Waals surface area contributed by atoms with E-state index >= 15 is 0 Å². The van der Waals surface area contributed by atoms with Gasteiger partial charge in [0.05, 0.1) is 23.1 Å². The predicted molar refractivity (Wildman–Crippen MR) is 156 cm³/mol. The average molecular weight is 498 g/mol. The van der Waals surface area contributed by atoms with Gasteiger partial charge in [0, 0.05) is 68.3 Å². The molecule has 194 valence electrons. The van der Waals surface area contributed by atoms with Crippen LogP contribution in [0.3, 0.4) is 0 Å². The maximum atomic E-state index is 4.71. The molecule has 4 heterocycles. The number of rotatable bonds is 8. The van der Waals surface area contributed by atoms with Gasteiger partial charge in [-0.1, -0.05) is 24.8 Å². The molecule has 0 aromatic carbocycles. The fourth-order valence-electron chi connectivity index (χ4n) is 4.67. The number of H-pyrrole nitrogens is 2. The highest BCUT2D eigenvalue weighted by atomic mass is 15.3. The Balaban J connectivity index is 1.75. The molecule has 0 atom stereocenters. The van der Waals surface area contributed by atoms with E-state index in [-0.39, 0.29) is 0 Å². The number of fused-ring (bicyclic) bond motifs is 1. The van der Waals surface area contributed by atoms with Crippen LogP contribution in [0.2, 0.25) is 0 Å². The molecule has 4 rings (SSSR count). The number of aromatic amines is 2. The van der Waals surface area contributed by atoms with Crippen molar-refractivity contribution in [3.8, 4) is 11.4 Å². The van der Waals surface area contributed by atoms with Crippen LogP contribution in [0.4, 0.5) is 0 Å². The topological polar surface area (TPSA) is 67.1 Å². The molecule has 0 spiro atoms. The number of aromatic nitrogens is 4.